The first kappa shape index (κ1) is 19.1. The maximum atomic E-state index is 12.8. The molecule has 4 rings (SSSR count). The molecule has 0 saturated carbocycles. The smallest absolute Gasteiger partial charge is 0.237 e. The second kappa shape index (κ2) is 8.03. The third-order valence-corrected chi connectivity index (χ3v) is 5.57. The molecular weight excluding hydrogens is 394 g/mol. The molecular formula is C18H19N7O3S. The van der Waals surface area contributed by atoms with Crippen LogP contribution in [0.25, 0.3) is 11.5 Å². The standard InChI is InChI=1S/C18H19N7O3S/c1-11(26)19-16-15(22-28-23-16)17-20-21-18(24(17)2)29-10-14(27)25-9-5-7-12-6-3-4-8-13(12)25/h3-4,6,8H,5,7,9-10H2,1-2H3,(H,19,23,26). The van der Waals surface area contributed by atoms with Gasteiger partial charge in [0.05, 0.1) is 5.75 Å². The van der Waals surface area contributed by atoms with Crippen molar-refractivity contribution in [1.82, 2.24) is 25.1 Å². The number of benzene rings is 1. The summed E-state index contributed by atoms with van der Waals surface area (Å²) in [7, 11) is 1.75. The number of aromatic nitrogens is 5. The Balaban J connectivity index is 1.48. The van der Waals surface area contributed by atoms with Gasteiger partial charge in [-0.1, -0.05) is 30.0 Å². The number of anilines is 2. The molecule has 0 atom stereocenters. The molecule has 2 aromatic heterocycles. The number of nitrogens with one attached hydrogen (secondary N) is 1. The van der Waals surface area contributed by atoms with Crippen molar-refractivity contribution in [2.75, 3.05) is 22.5 Å². The lowest BCUT2D eigenvalue weighted by Crippen LogP contribution is -2.36. The van der Waals surface area contributed by atoms with Crippen molar-refractivity contribution in [3.63, 3.8) is 0 Å². The normalized spacial score (nSPS) is 13.2. The number of aryl methyl sites for hydroxylation is 1. The van der Waals surface area contributed by atoms with E-state index < -0.39 is 0 Å². The maximum Gasteiger partial charge on any atom is 0.237 e. The molecule has 10 nitrogen and oxygen atoms in total. The third-order valence-electron chi connectivity index (χ3n) is 4.57. The molecule has 11 heteroatoms. The van der Waals surface area contributed by atoms with E-state index in [1.54, 1.807) is 11.6 Å². The minimum absolute atomic E-state index is 0.0220. The molecule has 1 aromatic carbocycles. The second-order valence-corrected chi connectivity index (χ2v) is 7.52. The van der Waals surface area contributed by atoms with E-state index in [0.29, 0.717) is 17.5 Å². The molecule has 3 aromatic rings. The summed E-state index contributed by atoms with van der Waals surface area (Å²) in [5, 5.41) is 18.8. The van der Waals surface area contributed by atoms with Gasteiger partial charge in [-0.3, -0.25) is 9.59 Å². The van der Waals surface area contributed by atoms with Gasteiger partial charge in [0, 0.05) is 26.2 Å². The Bertz CT molecular complexity index is 1060. The van der Waals surface area contributed by atoms with E-state index in [1.807, 2.05) is 23.1 Å². The quantitative estimate of drug-likeness (QED) is 0.630. The maximum absolute atomic E-state index is 12.8. The van der Waals surface area contributed by atoms with Crippen LogP contribution in [0.15, 0.2) is 34.1 Å². The molecule has 1 aliphatic rings. The lowest BCUT2D eigenvalue weighted by molar-refractivity contribution is -0.116. The highest BCUT2D eigenvalue weighted by molar-refractivity contribution is 7.99. The molecule has 29 heavy (non-hydrogen) atoms. The zero-order valence-corrected chi connectivity index (χ0v) is 16.8. The number of para-hydroxylation sites is 1. The Kier molecular flexibility index (Phi) is 5.30. The zero-order valence-electron chi connectivity index (χ0n) is 16.0. The van der Waals surface area contributed by atoms with E-state index in [4.69, 9.17) is 4.63 Å². The number of amides is 2. The fraction of sp³-hybridized carbons (Fsp3) is 0.333. The third kappa shape index (κ3) is 3.86. The molecule has 3 heterocycles. The Hall–Kier alpha value is -3.21. The highest BCUT2D eigenvalue weighted by Gasteiger charge is 2.24. The largest absolute Gasteiger partial charge is 0.311 e. The predicted octanol–water partition coefficient (Wildman–Crippen LogP) is 1.89. The van der Waals surface area contributed by atoms with Crippen molar-refractivity contribution in [3.8, 4) is 11.5 Å². The number of carbonyl (C=O) groups is 2. The van der Waals surface area contributed by atoms with Crippen LogP contribution < -0.4 is 10.2 Å². The van der Waals surface area contributed by atoms with Gasteiger partial charge in [-0.15, -0.1) is 10.2 Å². The van der Waals surface area contributed by atoms with Crippen LogP contribution in [0.1, 0.15) is 18.9 Å². The Labute approximate surface area is 170 Å². The lowest BCUT2D eigenvalue weighted by Gasteiger charge is -2.29. The van der Waals surface area contributed by atoms with Crippen LogP contribution in [0, 0.1) is 0 Å². The van der Waals surface area contributed by atoms with E-state index in [9.17, 15) is 9.59 Å². The number of thioether (sulfide) groups is 1. The van der Waals surface area contributed by atoms with Gasteiger partial charge in [-0.2, -0.15) is 0 Å². The molecule has 0 bridgehead atoms. The van der Waals surface area contributed by atoms with Gasteiger partial charge in [0.1, 0.15) is 0 Å². The van der Waals surface area contributed by atoms with Crippen LogP contribution in [0.2, 0.25) is 0 Å². The fourth-order valence-electron chi connectivity index (χ4n) is 3.23. The van der Waals surface area contributed by atoms with E-state index >= 15 is 0 Å². The van der Waals surface area contributed by atoms with Crippen molar-refractivity contribution in [2.24, 2.45) is 7.05 Å². The summed E-state index contributed by atoms with van der Waals surface area (Å²) in [5.41, 5.74) is 2.46. The minimum atomic E-state index is -0.300. The van der Waals surface area contributed by atoms with Crippen LogP contribution >= 0.6 is 11.8 Å². The van der Waals surface area contributed by atoms with E-state index in [1.165, 1.54) is 24.2 Å². The van der Waals surface area contributed by atoms with Crippen molar-refractivity contribution < 1.29 is 14.2 Å². The molecule has 0 unspecified atom stereocenters. The average molecular weight is 413 g/mol. The van der Waals surface area contributed by atoms with E-state index in [-0.39, 0.29) is 29.1 Å². The zero-order chi connectivity index (χ0) is 20.4. The average Bonchev–Trinajstić information content (AvgIpc) is 3.31. The van der Waals surface area contributed by atoms with Crippen LogP contribution in [0.3, 0.4) is 0 Å². The highest BCUT2D eigenvalue weighted by Crippen LogP contribution is 2.29. The summed E-state index contributed by atoms with van der Waals surface area (Å²) < 4.78 is 6.40. The monoisotopic (exact) mass is 413 g/mol. The minimum Gasteiger partial charge on any atom is -0.311 e. The van der Waals surface area contributed by atoms with Gasteiger partial charge in [0.15, 0.2) is 16.7 Å². The SMILES string of the molecule is CC(=O)Nc1nonc1-c1nnc(SCC(=O)N2CCCc3ccccc32)n1C. The number of rotatable bonds is 5. The summed E-state index contributed by atoms with van der Waals surface area (Å²) in [6.07, 6.45) is 1.94. The summed E-state index contributed by atoms with van der Waals surface area (Å²) >= 11 is 1.29. The van der Waals surface area contributed by atoms with Gasteiger partial charge in [0.25, 0.3) is 0 Å². The molecule has 1 N–H and O–H groups in total. The van der Waals surface area contributed by atoms with Crippen LogP contribution in [0.5, 0.6) is 0 Å². The van der Waals surface area contributed by atoms with Crippen molar-refractivity contribution in [2.45, 2.75) is 24.9 Å². The van der Waals surface area contributed by atoms with Crippen molar-refractivity contribution >= 4 is 35.1 Å². The molecule has 1 aliphatic heterocycles. The van der Waals surface area contributed by atoms with Crippen LogP contribution in [-0.4, -0.2) is 49.2 Å². The predicted molar refractivity (Wildman–Crippen MR) is 106 cm³/mol. The number of hydrogen-bond acceptors (Lipinski definition) is 8. The summed E-state index contributed by atoms with van der Waals surface area (Å²) in [6.45, 7) is 2.08. The molecule has 0 aliphatic carbocycles. The van der Waals surface area contributed by atoms with Gasteiger partial charge >= 0.3 is 0 Å². The molecule has 150 valence electrons. The summed E-state index contributed by atoms with van der Waals surface area (Å²) in [6, 6.07) is 8.00. The lowest BCUT2D eigenvalue weighted by atomic mass is 10.0. The number of fused-ring (bicyclic) bond motifs is 1. The molecule has 0 radical (unpaired) electrons. The molecule has 0 saturated heterocycles. The van der Waals surface area contributed by atoms with Crippen molar-refractivity contribution in [1.29, 1.82) is 0 Å². The van der Waals surface area contributed by atoms with Gasteiger partial charge < -0.3 is 14.8 Å². The summed E-state index contributed by atoms with van der Waals surface area (Å²) in [5.74, 6) is 0.509. The van der Waals surface area contributed by atoms with Gasteiger partial charge in [-0.25, -0.2) is 4.63 Å². The molecule has 0 fully saturated rings. The van der Waals surface area contributed by atoms with Crippen LogP contribution in [-0.2, 0) is 23.1 Å². The molecule has 2 amide bonds. The fourth-order valence-corrected chi connectivity index (χ4v) is 4.01. The number of nitrogens with zero attached hydrogens (tertiary/aromatic N) is 6. The Morgan fingerprint density at radius 1 is 1.24 bits per heavy atom. The van der Waals surface area contributed by atoms with Crippen molar-refractivity contribution in [3.05, 3.63) is 29.8 Å². The Morgan fingerprint density at radius 3 is 2.90 bits per heavy atom. The van der Waals surface area contributed by atoms with Gasteiger partial charge in [0.2, 0.25) is 17.6 Å². The first-order chi connectivity index (χ1) is 14.0. The second-order valence-electron chi connectivity index (χ2n) is 6.57. The topological polar surface area (TPSA) is 119 Å². The number of hydrogen-bond donors (Lipinski definition) is 1. The first-order valence-electron chi connectivity index (χ1n) is 9.05. The summed E-state index contributed by atoms with van der Waals surface area (Å²) in [4.78, 5) is 25.9. The highest BCUT2D eigenvalue weighted by atomic mass is 32.2. The van der Waals surface area contributed by atoms with E-state index in [2.05, 4.69) is 31.9 Å². The van der Waals surface area contributed by atoms with Gasteiger partial charge in [-0.05, 0) is 34.8 Å². The van der Waals surface area contributed by atoms with Crippen LogP contribution in [0.4, 0.5) is 11.5 Å². The molecule has 0 spiro atoms. The van der Waals surface area contributed by atoms with E-state index in [0.717, 1.165) is 18.5 Å². The number of carbonyl (C=O) groups excluding carboxylic acids is 2. The Morgan fingerprint density at radius 2 is 2.07 bits per heavy atom. The first-order valence-corrected chi connectivity index (χ1v) is 10.0.